The Balaban J connectivity index is 1.38. The van der Waals surface area contributed by atoms with Crippen LogP contribution < -0.4 is 14.8 Å². The van der Waals surface area contributed by atoms with Gasteiger partial charge in [0, 0.05) is 28.4 Å². The second kappa shape index (κ2) is 11.7. The summed E-state index contributed by atoms with van der Waals surface area (Å²) in [5.74, 6) is -3.16. The van der Waals surface area contributed by atoms with Crippen LogP contribution in [0, 0.1) is 17.5 Å². The lowest BCUT2D eigenvalue weighted by Crippen LogP contribution is -2.37. The molecule has 3 heterocycles. The number of nitrogens with one attached hydrogen (secondary N) is 2. The molecule has 6 rings (SSSR count). The van der Waals surface area contributed by atoms with E-state index in [0.717, 1.165) is 44.1 Å². The van der Waals surface area contributed by atoms with Crippen molar-refractivity contribution in [3.8, 4) is 16.9 Å². The number of nitrogens with zero attached hydrogens (tertiary/aromatic N) is 3. The molecule has 3 aromatic carbocycles. The zero-order valence-corrected chi connectivity index (χ0v) is 25.4. The maximum atomic E-state index is 16.0. The fraction of sp³-hybridized carbons (Fsp3) is 0.333. The first-order valence-electron chi connectivity index (χ1n) is 14.1. The van der Waals surface area contributed by atoms with Crippen molar-refractivity contribution in [2.45, 2.75) is 43.2 Å². The number of piperidine rings is 1. The van der Waals surface area contributed by atoms with E-state index in [1.807, 2.05) is 6.92 Å². The van der Waals surface area contributed by atoms with Gasteiger partial charge in [-0.2, -0.15) is 0 Å². The van der Waals surface area contributed by atoms with Crippen molar-refractivity contribution in [1.82, 2.24) is 14.9 Å². The second-order valence-corrected chi connectivity index (χ2v) is 13.1. The molecule has 9 nitrogen and oxygen atoms in total. The molecule has 1 fully saturated rings. The molecular formula is C30H29ClF3N5O4S. The number of anilines is 2. The molecule has 2 aliphatic heterocycles. The van der Waals surface area contributed by atoms with Crippen molar-refractivity contribution in [3.05, 3.63) is 70.1 Å². The van der Waals surface area contributed by atoms with E-state index < -0.39 is 55.3 Å². The Hall–Kier alpha value is -3.65. The number of aliphatic hydroxyl groups excluding tert-OH is 1. The molecule has 232 valence electrons. The third kappa shape index (κ3) is 5.53. The minimum atomic E-state index is -4.55. The first-order chi connectivity index (χ1) is 21.0. The summed E-state index contributed by atoms with van der Waals surface area (Å²) in [6.45, 7) is 3.47. The number of halogens is 4. The second-order valence-electron chi connectivity index (χ2n) is 11.0. The van der Waals surface area contributed by atoms with E-state index in [0.29, 0.717) is 23.4 Å². The molecule has 44 heavy (non-hydrogen) atoms. The van der Waals surface area contributed by atoms with E-state index in [-0.39, 0.29) is 34.4 Å². The van der Waals surface area contributed by atoms with Gasteiger partial charge < -0.3 is 20.1 Å². The molecule has 0 spiro atoms. The number of sulfonamides is 1. The molecule has 0 saturated carbocycles. The number of benzene rings is 3. The van der Waals surface area contributed by atoms with Gasteiger partial charge in [0.1, 0.15) is 35.0 Å². The zero-order valence-electron chi connectivity index (χ0n) is 23.8. The third-order valence-corrected chi connectivity index (χ3v) is 9.59. The molecule has 4 aromatic rings. The standard InChI is InChI=1S/C30H29ClF3N5O4S/c1-3-15-10-19(26(33)20-13-35-30(37-28(15)20)36-17-6-8-39(2)9-7-17)25-21(32)4-5-22(27(25)34)38-44(41,42)24-12-16(31)11-18-23(40)14-43-29(18)24/h4-5,10-13,17,23,38,40H,3,6-9,14H2,1-2H3,(H,35,36,37). The van der Waals surface area contributed by atoms with Gasteiger partial charge in [0.05, 0.1) is 22.2 Å². The quantitative estimate of drug-likeness (QED) is 0.235. The number of hydrogen-bond donors (Lipinski definition) is 3. The summed E-state index contributed by atoms with van der Waals surface area (Å²) < 4.78 is 81.3. The highest BCUT2D eigenvalue weighted by Crippen LogP contribution is 2.42. The number of aromatic nitrogens is 2. The van der Waals surface area contributed by atoms with Gasteiger partial charge in [-0.05, 0) is 75.3 Å². The molecule has 0 aliphatic carbocycles. The highest BCUT2D eigenvalue weighted by molar-refractivity contribution is 7.92. The van der Waals surface area contributed by atoms with E-state index in [1.54, 1.807) is 0 Å². The van der Waals surface area contributed by atoms with Gasteiger partial charge >= 0.3 is 0 Å². The van der Waals surface area contributed by atoms with Crippen molar-refractivity contribution in [1.29, 1.82) is 0 Å². The van der Waals surface area contributed by atoms with Crippen molar-refractivity contribution in [2.24, 2.45) is 0 Å². The van der Waals surface area contributed by atoms with Gasteiger partial charge in [0.15, 0.2) is 5.82 Å². The van der Waals surface area contributed by atoms with E-state index >= 15 is 13.2 Å². The first-order valence-corrected chi connectivity index (χ1v) is 15.9. The maximum Gasteiger partial charge on any atom is 0.265 e. The molecule has 2 aliphatic rings. The van der Waals surface area contributed by atoms with Crippen LogP contribution in [0.5, 0.6) is 5.75 Å². The minimum Gasteiger partial charge on any atom is -0.489 e. The normalized spacial score (nSPS) is 17.5. The smallest absolute Gasteiger partial charge is 0.265 e. The summed E-state index contributed by atoms with van der Waals surface area (Å²) in [6.07, 6.45) is 2.36. The number of likely N-dealkylation sites (tertiary alicyclic amines) is 1. The average Bonchev–Trinajstić information content (AvgIpc) is 3.36. The van der Waals surface area contributed by atoms with Crippen LogP contribution in [-0.2, 0) is 16.4 Å². The summed E-state index contributed by atoms with van der Waals surface area (Å²) >= 11 is 6.08. The fourth-order valence-electron chi connectivity index (χ4n) is 5.62. The van der Waals surface area contributed by atoms with Gasteiger partial charge in [-0.3, -0.25) is 4.72 Å². The molecule has 14 heteroatoms. The van der Waals surface area contributed by atoms with Crippen LogP contribution >= 0.6 is 11.6 Å². The summed E-state index contributed by atoms with van der Waals surface area (Å²) in [5, 5.41) is 13.4. The van der Waals surface area contributed by atoms with Crippen molar-refractivity contribution in [3.63, 3.8) is 0 Å². The predicted molar refractivity (Wildman–Crippen MR) is 161 cm³/mol. The monoisotopic (exact) mass is 647 g/mol. The Morgan fingerprint density at radius 2 is 1.89 bits per heavy atom. The van der Waals surface area contributed by atoms with Gasteiger partial charge in [0.25, 0.3) is 10.0 Å². The summed E-state index contributed by atoms with van der Waals surface area (Å²) in [5.41, 5.74) is -0.777. The van der Waals surface area contributed by atoms with Crippen LogP contribution in [-0.4, -0.2) is 61.2 Å². The largest absolute Gasteiger partial charge is 0.489 e. The Kier molecular flexibility index (Phi) is 8.07. The number of rotatable bonds is 7. The van der Waals surface area contributed by atoms with Gasteiger partial charge in [-0.1, -0.05) is 18.5 Å². The highest BCUT2D eigenvalue weighted by Gasteiger charge is 2.32. The van der Waals surface area contributed by atoms with Crippen LogP contribution in [0.15, 0.2) is 41.4 Å². The number of hydrogen-bond acceptors (Lipinski definition) is 8. The van der Waals surface area contributed by atoms with Crippen LogP contribution in [0.25, 0.3) is 22.0 Å². The Morgan fingerprint density at radius 3 is 2.61 bits per heavy atom. The van der Waals surface area contributed by atoms with Gasteiger partial charge in [-0.25, -0.2) is 31.6 Å². The van der Waals surface area contributed by atoms with E-state index in [4.69, 9.17) is 16.3 Å². The number of ether oxygens (including phenoxy) is 1. The van der Waals surface area contributed by atoms with Crippen LogP contribution in [0.4, 0.5) is 24.8 Å². The van der Waals surface area contributed by atoms with Crippen LogP contribution in [0.1, 0.15) is 37.0 Å². The Bertz CT molecular complexity index is 1890. The fourth-order valence-corrected chi connectivity index (χ4v) is 7.17. The molecule has 1 unspecified atom stereocenters. The molecule has 1 saturated heterocycles. The SMILES string of the molecule is CCc1cc(-c2c(F)ccc(NS(=O)(=O)c3cc(Cl)cc4c3OCC4O)c2F)c(F)c2cnc(NC3CCN(C)CC3)nc12. The third-order valence-electron chi connectivity index (χ3n) is 8.00. The van der Waals surface area contributed by atoms with E-state index in [2.05, 4.69) is 32.0 Å². The number of fused-ring (bicyclic) bond motifs is 2. The molecule has 0 amide bonds. The molecule has 1 aromatic heterocycles. The summed E-state index contributed by atoms with van der Waals surface area (Å²) in [7, 11) is -2.50. The predicted octanol–water partition coefficient (Wildman–Crippen LogP) is 5.66. The molecule has 0 bridgehead atoms. The summed E-state index contributed by atoms with van der Waals surface area (Å²) in [4.78, 5) is 10.6. The lowest BCUT2D eigenvalue weighted by molar-refractivity contribution is 0.140. The van der Waals surface area contributed by atoms with E-state index in [9.17, 15) is 13.5 Å². The highest BCUT2D eigenvalue weighted by atomic mass is 35.5. The van der Waals surface area contributed by atoms with Crippen LogP contribution in [0.3, 0.4) is 0 Å². The lowest BCUT2D eigenvalue weighted by Gasteiger charge is -2.29. The van der Waals surface area contributed by atoms with Gasteiger partial charge in [-0.15, -0.1) is 0 Å². The Morgan fingerprint density at radius 1 is 1.14 bits per heavy atom. The van der Waals surface area contributed by atoms with Gasteiger partial charge in [0.2, 0.25) is 5.95 Å². The molecule has 3 N–H and O–H groups in total. The van der Waals surface area contributed by atoms with Crippen molar-refractivity contribution in [2.75, 3.05) is 36.8 Å². The molecular weight excluding hydrogens is 619 g/mol. The minimum absolute atomic E-state index is 0.00573. The topological polar surface area (TPSA) is 117 Å². The summed E-state index contributed by atoms with van der Waals surface area (Å²) in [6, 6.07) is 5.69. The zero-order chi connectivity index (χ0) is 31.3. The van der Waals surface area contributed by atoms with Crippen LogP contribution in [0.2, 0.25) is 5.02 Å². The first kappa shape index (κ1) is 30.4. The number of aliphatic hydroxyl groups is 1. The number of aryl methyl sites for hydroxylation is 1. The van der Waals surface area contributed by atoms with Crippen molar-refractivity contribution < 1.29 is 31.4 Å². The average molecular weight is 648 g/mol. The lowest BCUT2D eigenvalue weighted by atomic mass is 9.96. The Labute approximate surface area is 257 Å². The van der Waals surface area contributed by atoms with E-state index in [1.165, 1.54) is 18.3 Å². The van der Waals surface area contributed by atoms with Crippen molar-refractivity contribution >= 4 is 44.2 Å². The molecule has 1 atom stereocenters. The maximum absolute atomic E-state index is 16.0. The molecule has 0 radical (unpaired) electrons.